The predicted octanol–water partition coefficient (Wildman–Crippen LogP) is 2.71. The molecule has 0 aliphatic rings. The Morgan fingerprint density at radius 3 is 2.70 bits per heavy atom. The summed E-state index contributed by atoms with van der Waals surface area (Å²) in [4.78, 5) is 44.6. The Hall–Kier alpha value is -2.97. The number of nitrogens with one attached hydrogen (secondary N) is 2. The maximum atomic E-state index is 12.3. The normalized spacial score (nSPS) is 12.0. The van der Waals surface area contributed by atoms with Gasteiger partial charge in [0.1, 0.15) is 17.4 Å². The molecule has 0 aromatic carbocycles. The number of pyridine rings is 1. The molecule has 164 valence electrons. The topological polar surface area (TPSA) is 115 Å². The smallest absolute Gasteiger partial charge is 0.375 e. The quantitative estimate of drug-likeness (QED) is 0.349. The number of fused-ring (bicyclic) bond motifs is 1. The summed E-state index contributed by atoms with van der Waals surface area (Å²) in [6.07, 6.45) is 4.82. The zero-order valence-corrected chi connectivity index (χ0v) is 18.1. The van der Waals surface area contributed by atoms with Gasteiger partial charge in [-0.05, 0) is 45.1 Å². The molecule has 1 atom stereocenters. The molecule has 0 aliphatic carbocycles. The average molecular weight is 418 g/mol. The second-order valence-electron chi connectivity index (χ2n) is 7.62. The highest BCUT2D eigenvalue weighted by atomic mass is 16.6. The van der Waals surface area contributed by atoms with Crippen molar-refractivity contribution in [2.45, 2.75) is 66.0 Å². The van der Waals surface area contributed by atoms with Crippen LogP contribution in [0.15, 0.2) is 18.5 Å². The third kappa shape index (κ3) is 6.82. The molecule has 2 N–H and O–H groups in total. The fourth-order valence-corrected chi connectivity index (χ4v) is 3.23. The van der Waals surface area contributed by atoms with Crippen molar-refractivity contribution in [3.05, 3.63) is 24.3 Å². The van der Waals surface area contributed by atoms with Gasteiger partial charge in [0, 0.05) is 25.7 Å². The van der Waals surface area contributed by atoms with E-state index in [4.69, 9.17) is 4.74 Å². The van der Waals surface area contributed by atoms with Crippen LogP contribution in [-0.4, -0.2) is 45.1 Å². The summed E-state index contributed by atoms with van der Waals surface area (Å²) in [6.45, 7) is 8.65. The second-order valence-corrected chi connectivity index (χ2v) is 7.62. The number of nitrogens with zero attached hydrogens (tertiary/aromatic N) is 3. The number of esters is 1. The van der Waals surface area contributed by atoms with Crippen LogP contribution < -0.4 is 10.6 Å². The maximum absolute atomic E-state index is 12.3. The summed E-state index contributed by atoms with van der Waals surface area (Å²) >= 11 is 0. The van der Waals surface area contributed by atoms with Gasteiger partial charge in [-0.1, -0.05) is 13.8 Å². The first-order valence-electron chi connectivity index (χ1n) is 10.4. The molecular weight excluding hydrogens is 386 g/mol. The first kappa shape index (κ1) is 23.3. The average Bonchev–Trinajstić information content (AvgIpc) is 2.99. The molecule has 0 radical (unpaired) electrons. The lowest BCUT2D eigenvalue weighted by Gasteiger charge is -2.19. The number of unbranched alkanes of at least 4 members (excludes halogenated alkanes) is 1. The highest BCUT2D eigenvalue weighted by Gasteiger charge is 2.25. The molecule has 30 heavy (non-hydrogen) atoms. The summed E-state index contributed by atoms with van der Waals surface area (Å²) < 4.78 is 6.88. The number of alkyl carbamates (subject to hydrolysis) is 1. The highest BCUT2D eigenvalue weighted by Crippen LogP contribution is 2.15. The summed E-state index contributed by atoms with van der Waals surface area (Å²) in [7, 11) is 0. The van der Waals surface area contributed by atoms with E-state index in [2.05, 4.69) is 25.2 Å². The van der Waals surface area contributed by atoms with Crippen LogP contribution in [0.4, 0.5) is 4.79 Å². The lowest BCUT2D eigenvalue weighted by Crippen LogP contribution is -2.44. The van der Waals surface area contributed by atoms with E-state index >= 15 is 0 Å². The van der Waals surface area contributed by atoms with Gasteiger partial charge in [0.05, 0.1) is 11.7 Å². The fraction of sp³-hybridized carbons (Fsp3) is 0.571. The van der Waals surface area contributed by atoms with Gasteiger partial charge < -0.3 is 19.9 Å². The van der Waals surface area contributed by atoms with Gasteiger partial charge in [-0.15, -0.1) is 0 Å². The van der Waals surface area contributed by atoms with Gasteiger partial charge in [-0.25, -0.2) is 14.6 Å². The summed E-state index contributed by atoms with van der Waals surface area (Å²) in [5, 5.41) is 5.11. The molecule has 0 bridgehead atoms. The number of aryl methyl sites for hydroxylation is 2. The molecule has 0 unspecified atom stereocenters. The Morgan fingerprint density at radius 1 is 1.23 bits per heavy atom. The van der Waals surface area contributed by atoms with E-state index in [0.717, 1.165) is 29.8 Å². The van der Waals surface area contributed by atoms with Crippen LogP contribution in [0.5, 0.6) is 0 Å². The van der Waals surface area contributed by atoms with Crippen molar-refractivity contribution in [3.63, 3.8) is 0 Å². The van der Waals surface area contributed by atoms with Crippen LogP contribution >= 0.6 is 0 Å². The van der Waals surface area contributed by atoms with Crippen LogP contribution in [0.2, 0.25) is 0 Å². The van der Waals surface area contributed by atoms with Crippen molar-refractivity contribution in [1.82, 2.24) is 25.2 Å². The number of carbonyl (C=O) groups excluding carboxylic acids is 3. The minimum absolute atomic E-state index is 0.157. The molecule has 2 heterocycles. The van der Waals surface area contributed by atoms with Gasteiger partial charge in [0.2, 0.25) is 5.91 Å². The van der Waals surface area contributed by atoms with E-state index in [1.54, 1.807) is 19.3 Å². The number of imidazole rings is 1. The molecular formula is C21H31N5O4. The van der Waals surface area contributed by atoms with Gasteiger partial charge in [0.25, 0.3) is 0 Å². The lowest BCUT2D eigenvalue weighted by molar-refractivity contribution is -0.142. The van der Waals surface area contributed by atoms with Crippen LogP contribution in [0.1, 0.15) is 52.3 Å². The Morgan fingerprint density at radius 2 is 2.00 bits per heavy atom. The number of hydrogen-bond acceptors (Lipinski definition) is 6. The number of carbonyl (C=O) groups is 3. The third-order valence-corrected chi connectivity index (χ3v) is 4.62. The molecule has 2 aromatic heterocycles. The van der Waals surface area contributed by atoms with Crippen LogP contribution in [0.25, 0.3) is 11.0 Å². The van der Waals surface area contributed by atoms with Crippen molar-refractivity contribution < 1.29 is 19.1 Å². The molecule has 0 aliphatic heterocycles. The highest BCUT2D eigenvalue weighted by molar-refractivity contribution is 5.90. The zero-order valence-electron chi connectivity index (χ0n) is 18.1. The monoisotopic (exact) mass is 417 g/mol. The van der Waals surface area contributed by atoms with Crippen molar-refractivity contribution in [2.75, 3.05) is 6.54 Å². The zero-order chi connectivity index (χ0) is 22.1. The standard InChI is InChI=1S/C21H31N5O4/c1-5-23-21(29)30-20(28)16(12-14(2)3)25-19(27)8-6-7-11-26-15(4)24-17-13-22-10-9-18(17)26/h9-10,13-14,16H,5-8,11-12H2,1-4H3,(H,23,29)(H,25,27)/t16-/m0/s1. The summed E-state index contributed by atoms with van der Waals surface area (Å²) in [6, 6.07) is 1.09. The molecule has 2 rings (SSSR count). The van der Waals surface area contributed by atoms with Crippen molar-refractivity contribution in [3.8, 4) is 0 Å². The predicted molar refractivity (Wildman–Crippen MR) is 113 cm³/mol. The molecule has 0 spiro atoms. The number of amides is 2. The minimum Gasteiger partial charge on any atom is -0.375 e. The number of aromatic nitrogens is 3. The van der Waals surface area contributed by atoms with E-state index in [0.29, 0.717) is 19.4 Å². The number of hydrogen-bond donors (Lipinski definition) is 2. The summed E-state index contributed by atoms with van der Waals surface area (Å²) in [5.74, 6) is 0.0960. The lowest BCUT2D eigenvalue weighted by atomic mass is 10.0. The van der Waals surface area contributed by atoms with Gasteiger partial charge in [-0.2, -0.15) is 0 Å². The molecule has 9 heteroatoms. The molecule has 2 amide bonds. The maximum Gasteiger partial charge on any atom is 0.414 e. The second kappa shape index (κ2) is 11.3. The van der Waals surface area contributed by atoms with Crippen molar-refractivity contribution in [2.24, 2.45) is 5.92 Å². The largest absolute Gasteiger partial charge is 0.414 e. The molecule has 2 aromatic rings. The SMILES string of the molecule is CCNC(=O)OC(=O)[C@H](CC(C)C)NC(=O)CCCCn1c(C)nc2cnccc21. The molecule has 0 fully saturated rings. The molecule has 0 saturated heterocycles. The fourth-order valence-electron chi connectivity index (χ4n) is 3.23. The van der Waals surface area contributed by atoms with Gasteiger partial charge >= 0.3 is 12.1 Å². The number of rotatable bonds is 10. The van der Waals surface area contributed by atoms with E-state index in [1.807, 2.05) is 26.8 Å². The minimum atomic E-state index is -0.840. The molecule has 0 saturated carbocycles. The van der Waals surface area contributed by atoms with Gasteiger partial charge in [0.15, 0.2) is 0 Å². The van der Waals surface area contributed by atoms with Gasteiger partial charge in [-0.3, -0.25) is 9.78 Å². The Labute approximate surface area is 176 Å². The van der Waals surface area contributed by atoms with E-state index < -0.39 is 18.1 Å². The Bertz CT molecular complexity index is 877. The van der Waals surface area contributed by atoms with Crippen LogP contribution in [0, 0.1) is 12.8 Å². The Balaban J connectivity index is 1.83. The van der Waals surface area contributed by atoms with Crippen molar-refractivity contribution >= 4 is 29.0 Å². The van der Waals surface area contributed by atoms with Crippen LogP contribution in [-0.2, 0) is 20.9 Å². The van der Waals surface area contributed by atoms with E-state index in [9.17, 15) is 14.4 Å². The van der Waals surface area contributed by atoms with E-state index in [1.165, 1.54) is 0 Å². The third-order valence-electron chi connectivity index (χ3n) is 4.62. The van der Waals surface area contributed by atoms with E-state index in [-0.39, 0.29) is 18.2 Å². The first-order chi connectivity index (χ1) is 14.3. The molecule has 9 nitrogen and oxygen atoms in total. The first-order valence-corrected chi connectivity index (χ1v) is 10.4. The number of ether oxygens (including phenoxy) is 1. The van der Waals surface area contributed by atoms with Crippen LogP contribution in [0.3, 0.4) is 0 Å². The van der Waals surface area contributed by atoms with Crippen molar-refractivity contribution in [1.29, 1.82) is 0 Å². The Kier molecular flexibility index (Phi) is 8.76. The summed E-state index contributed by atoms with van der Waals surface area (Å²) in [5.41, 5.74) is 1.88.